The number of hydrogen-bond donors (Lipinski definition) is 1. The number of nitrogens with zero attached hydrogens (tertiary/aromatic N) is 2. The van der Waals surface area contributed by atoms with Crippen molar-refractivity contribution in [1.82, 2.24) is 10.4 Å². The molecular weight excluding hydrogens is 138 g/mol. The molecule has 1 aliphatic heterocycles. The van der Waals surface area contributed by atoms with Crippen molar-refractivity contribution < 1.29 is 0 Å². The SMILES string of the molecule is CC1NN=Cc2ncccc21. The molecule has 3 heteroatoms. The van der Waals surface area contributed by atoms with Gasteiger partial charge in [-0.15, -0.1) is 0 Å². The van der Waals surface area contributed by atoms with Crippen LogP contribution in [0, 0.1) is 0 Å². The number of hydrazone groups is 1. The van der Waals surface area contributed by atoms with Crippen LogP contribution >= 0.6 is 0 Å². The lowest BCUT2D eigenvalue weighted by Crippen LogP contribution is -2.19. The summed E-state index contributed by atoms with van der Waals surface area (Å²) in [6, 6.07) is 4.28. The van der Waals surface area contributed by atoms with Gasteiger partial charge in [-0.3, -0.25) is 4.98 Å². The lowest BCUT2D eigenvalue weighted by Gasteiger charge is -2.16. The van der Waals surface area contributed by atoms with E-state index < -0.39 is 0 Å². The standard InChI is InChI=1S/C8H9N3/c1-6-7-3-2-4-9-8(7)5-10-11-6/h2-6,11H,1H3. The Kier molecular flexibility index (Phi) is 1.35. The van der Waals surface area contributed by atoms with Gasteiger partial charge in [0.15, 0.2) is 0 Å². The minimum Gasteiger partial charge on any atom is -0.303 e. The van der Waals surface area contributed by atoms with Crippen molar-refractivity contribution in [3.8, 4) is 0 Å². The fourth-order valence-corrected chi connectivity index (χ4v) is 1.18. The molecule has 1 unspecified atom stereocenters. The van der Waals surface area contributed by atoms with E-state index >= 15 is 0 Å². The third kappa shape index (κ3) is 0.981. The van der Waals surface area contributed by atoms with E-state index in [0.717, 1.165) is 5.69 Å². The molecule has 2 rings (SSSR count). The van der Waals surface area contributed by atoms with Crippen molar-refractivity contribution in [2.45, 2.75) is 13.0 Å². The van der Waals surface area contributed by atoms with Gasteiger partial charge in [-0.05, 0) is 13.0 Å². The second kappa shape index (κ2) is 2.34. The lowest BCUT2D eigenvalue weighted by atomic mass is 10.1. The number of pyridine rings is 1. The summed E-state index contributed by atoms with van der Waals surface area (Å²) in [6.45, 7) is 2.07. The van der Waals surface area contributed by atoms with E-state index in [4.69, 9.17) is 0 Å². The van der Waals surface area contributed by atoms with Crippen molar-refractivity contribution >= 4 is 6.21 Å². The summed E-state index contributed by atoms with van der Waals surface area (Å²) in [7, 11) is 0. The van der Waals surface area contributed by atoms with Gasteiger partial charge in [-0.25, -0.2) is 0 Å². The lowest BCUT2D eigenvalue weighted by molar-refractivity contribution is 0.594. The average molecular weight is 147 g/mol. The first kappa shape index (κ1) is 6.34. The summed E-state index contributed by atoms with van der Waals surface area (Å²) >= 11 is 0. The average Bonchev–Trinajstić information content (AvgIpc) is 2.06. The molecule has 1 aliphatic rings. The zero-order chi connectivity index (χ0) is 7.68. The number of rotatable bonds is 0. The van der Waals surface area contributed by atoms with Gasteiger partial charge in [-0.1, -0.05) is 6.07 Å². The molecule has 11 heavy (non-hydrogen) atoms. The van der Waals surface area contributed by atoms with Crippen LogP contribution in [0.4, 0.5) is 0 Å². The molecule has 0 bridgehead atoms. The molecule has 3 nitrogen and oxygen atoms in total. The highest BCUT2D eigenvalue weighted by Crippen LogP contribution is 2.16. The molecule has 0 amide bonds. The topological polar surface area (TPSA) is 37.3 Å². The molecule has 1 aromatic heterocycles. The predicted molar refractivity (Wildman–Crippen MR) is 43.4 cm³/mol. The molecule has 2 heterocycles. The van der Waals surface area contributed by atoms with Crippen LogP contribution in [-0.4, -0.2) is 11.2 Å². The maximum absolute atomic E-state index is 4.18. The molecule has 1 aromatic rings. The summed E-state index contributed by atoms with van der Waals surface area (Å²) in [4.78, 5) is 4.18. The largest absolute Gasteiger partial charge is 0.303 e. The van der Waals surface area contributed by atoms with E-state index in [-0.39, 0.29) is 6.04 Å². The van der Waals surface area contributed by atoms with Gasteiger partial charge in [0.05, 0.1) is 18.0 Å². The van der Waals surface area contributed by atoms with Gasteiger partial charge in [0.25, 0.3) is 0 Å². The van der Waals surface area contributed by atoms with Crippen LogP contribution < -0.4 is 5.43 Å². The Bertz CT molecular complexity index is 293. The Hall–Kier alpha value is -1.38. The Morgan fingerprint density at radius 3 is 3.27 bits per heavy atom. The molecule has 0 saturated carbocycles. The predicted octanol–water partition coefficient (Wildman–Crippen LogP) is 1.08. The van der Waals surface area contributed by atoms with Gasteiger partial charge in [-0.2, -0.15) is 5.10 Å². The smallest absolute Gasteiger partial charge is 0.0883 e. The fraction of sp³-hybridized carbons (Fsp3) is 0.250. The monoisotopic (exact) mass is 147 g/mol. The minimum absolute atomic E-state index is 0.281. The third-order valence-corrected chi connectivity index (χ3v) is 1.79. The van der Waals surface area contributed by atoms with Crippen molar-refractivity contribution in [2.75, 3.05) is 0 Å². The van der Waals surface area contributed by atoms with E-state index in [1.54, 1.807) is 12.4 Å². The zero-order valence-electron chi connectivity index (χ0n) is 6.28. The molecule has 1 atom stereocenters. The zero-order valence-corrected chi connectivity index (χ0v) is 6.28. The van der Waals surface area contributed by atoms with Crippen LogP contribution in [0.3, 0.4) is 0 Å². The van der Waals surface area contributed by atoms with Crippen molar-refractivity contribution in [3.63, 3.8) is 0 Å². The molecule has 0 aliphatic carbocycles. The first-order chi connectivity index (χ1) is 5.38. The van der Waals surface area contributed by atoms with Gasteiger partial charge >= 0.3 is 0 Å². The number of hydrogen-bond acceptors (Lipinski definition) is 3. The van der Waals surface area contributed by atoms with E-state index in [1.807, 2.05) is 6.07 Å². The van der Waals surface area contributed by atoms with Gasteiger partial charge in [0.1, 0.15) is 0 Å². The van der Waals surface area contributed by atoms with Crippen LogP contribution in [0.1, 0.15) is 24.2 Å². The maximum atomic E-state index is 4.18. The van der Waals surface area contributed by atoms with Crippen molar-refractivity contribution in [2.24, 2.45) is 5.10 Å². The summed E-state index contributed by atoms with van der Waals surface area (Å²) in [5.74, 6) is 0. The first-order valence-electron chi connectivity index (χ1n) is 3.61. The number of fused-ring (bicyclic) bond motifs is 1. The Balaban J connectivity index is 2.54. The molecule has 1 N–H and O–H groups in total. The highest BCUT2D eigenvalue weighted by molar-refractivity contribution is 5.80. The summed E-state index contributed by atoms with van der Waals surface area (Å²) in [5.41, 5.74) is 5.15. The normalized spacial score (nSPS) is 20.6. The van der Waals surface area contributed by atoms with E-state index in [0.29, 0.717) is 0 Å². The van der Waals surface area contributed by atoms with Crippen LogP contribution in [0.5, 0.6) is 0 Å². The van der Waals surface area contributed by atoms with Gasteiger partial charge in [0, 0.05) is 11.8 Å². The molecule has 0 saturated heterocycles. The minimum atomic E-state index is 0.281. The quantitative estimate of drug-likeness (QED) is 0.596. The van der Waals surface area contributed by atoms with Crippen LogP contribution in [0.15, 0.2) is 23.4 Å². The Morgan fingerprint density at radius 1 is 1.55 bits per heavy atom. The molecule has 56 valence electrons. The third-order valence-electron chi connectivity index (χ3n) is 1.79. The van der Waals surface area contributed by atoms with Gasteiger partial charge < -0.3 is 5.43 Å². The molecule has 0 spiro atoms. The molecule has 0 fully saturated rings. The highest BCUT2D eigenvalue weighted by Gasteiger charge is 2.11. The van der Waals surface area contributed by atoms with E-state index in [1.165, 1.54) is 5.56 Å². The molecule has 0 aromatic carbocycles. The van der Waals surface area contributed by atoms with Crippen LogP contribution in [0.2, 0.25) is 0 Å². The summed E-state index contributed by atoms with van der Waals surface area (Å²) < 4.78 is 0. The highest BCUT2D eigenvalue weighted by atomic mass is 15.3. The fourth-order valence-electron chi connectivity index (χ4n) is 1.18. The van der Waals surface area contributed by atoms with Crippen molar-refractivity contribution in [1.29, 1.82) is 0 Å². The van der Waals surface area contributed by atoms with Crippen LogP contribution in [-0.2, 0) is 0 Å². The number of aromatic nitrogens is 1. The maximum Gasteiger partial charge on any atom is 0.0883 e. The van der Waals surface area contributed by atoms with E-state index in [2.05, 4.69) is 28.5 Å². The van der Waals surface area contributed by atoms with Gasteiger partial charge in [0.2, 0.25) is 0 Å². The molecular formula is C8H9N3. The second-order valence-electron chi connectivity index (χ2n) is 2.59. The molecule has 0 radical (unpaired) electrons. The summed E-state index contributed by atoms with van der Waals surface area (Å²) in [6.07, 6.45) is 3.53. The first-order valence-corrected chi connectivity index (χ1v) is 3.61. The van der Waals surface area contributed by atoms with E-state index in [9.17, 15) is 0 Å². The van der Waals surface area contributed by atoms with Crippen molar-refractivity contribution in [3.05, 3.63) is 29.6 Å². The second-order valence-corrected chi connectivity index (χ2v) is 2.59. The number of nitrogens with one attached hydrogen (secondary N) is 1. The Labute approximate surface area is 65.2 Å². The summed E-state index contributed by atoms with van der Waals surface area (Å²) in [5, 5.41) is 3.96. The Morgan fingerprint density at radius 2 is 2.45 bits per heavy atom. The van der Waals surface area contributed by atoms with Crippen LogP contribution in [0.25, 0.3) is 0 Å².